The maximum Gasteiger partial charge on any atom is 0.326 e. The van der Waals surface area contributed by atoms with Gasteiger partial charge in [-0.15, -0.1) is 0 Å². The molecule has 4 heteroatoms. The third-order valence-electron chi connectivity index (χ3n) is 5.82. The zero-order valence-electron chi connectivity index (χ0n) is 13.7. The highest BCUT2D eigenvalue weighted by molar-refractivity contribution is 6.79. The fraction of sp³-hybridized carbons (Fsp3) is 0.875. The Morgan fingerprint density at radius 2 is 1.85 bits per heavy atom. The molecule has 0 radical (unpaired) electrons. The molecule has 3 atom stereocenters. The third-order valence-corrected chi connectivity index (χ3v) is 11.7. The molecule has 1 aliphatic rings. The summed E-state index contributed by atoms with van der Waals surface area (Å²) in [4.78, 5) is 12.0. The summed E-state index contributed by atoms with van der Waals surface area (Å²) in [5.41, 5.74) is -0.881. The fourth-order valence-electron chi connectivity index (χ4n) is 3.96. The number of ether oxygens (including phenoxy) is 1. The quantitative estimate of drug-likeness (QED) is 0.544. The minimum absolute atomic E-state index is 0.328. The Labute approximate surface area is 124 Å². The molecule has 0 saturated heterocycles. The van der Waals surface area contributed by atoms with Crippen LogP contribution in [0.4, 0.5) is 0 Å². The molecule has 1 aliphatic carbocycles. The van der Waals surface area contributed by atoms with Gasteiger partial charge in [0.05, 0.1) is 21.3 Å². The second-order valence-corrected chi connectivity index (χ2v) is 12.1. The van der Waals surface area contributed by atoms with Gasteiger partial charge in [0, 0.05) is 0 Å². The van der Waals surface area contributed by atoms with E-state index in [0.29, 0.717) is 24.7 Å². The van der Waals surface area contributed by atoms with E-state index in [-0.39, 0.29) is 5.97 Å². The second kappa shape index (κ2) is 6.75. The van der Waals surface area contributed by atoms with E-state index in [4.69, 9.17) is 4.74 Å². The smallest absolute Gasteiger partial charge is 0.326 e. The molecule has 0 aromatic rings. The predicted octanol–water partition coefficient (Wildman–Crippen LogP) is 4.22. The van der Waals surface area contributed by atoms with E-state index in [1.165, 1.54) is 31.3 Å². The Morgan fingerprint density at radius 3 is 2.25 bits per heavy atom. The molecule has 0 aromatic carbocycles. The van der Waals surface area contributed by atoms with E-state index in [1.807, 2.05) is 0 Å². The lowest BCUT2D eigenvalue weighted by Crippen LogP contribution is -2.35. The summed E-state index contributed by atoms with van der Waals surface area (Å²) in [5, 5.41) is 9.48. The van der Waals surface area contributed by atoms with Crippen LogP contribution in [0.25, 0.3) is 0 Å². The van der Waals surface area contributed by atoms with Crippen molar-refractivity contribution in [1.29, 1.82) is 5.26 Å². The van der Waals surface area contributed by atoms with Crippen LogP contribution in [-0.4, -0.2) is 21.2 Å². The normalized spacial score (nSPS) is 30.0. The molecule has 20 heavy (non-hydrogen) atoms. The van der Waals surface area contributed by atoms with Gasteiger partial charge in [0.15, 0.2) is 5.41 Å². The Kier molecular flexibility index (Phi) is 5.82. The van der Waals surface area contributed by atoms with Crippen LogP contribution in [0.5, 0.6) is 0 Å². The van der Waals surface area contributed by atoms with E-state index in [1.54, 1.807) is 0 Å². The van der Waals surface area contributed by atoms with Crippen molar-refractivity contribution in [3.8, 4) is 6.07 Å². The molecule has 1 saturated carbocycles. The Bertz CT molecular complexity index is 378. The summed E-state index contributed by atoms with van der Waals surface area (Å²) in [6.07, 6.45) is 1.37. The molecule has 3 nitrogen and oxygen atoms in total. The van der Waals surface area contributed by atoms with Crippen LogP contribution in [0.15, 0.2) is 0 Å². The lowest BCUT2D eigenvalue weighted by atomic mass is 9.87. The summed E-state index contributed by atoms with van der Waals surface area (Å²) in [5.74, 6) is 0.636. The number of rotatable bonds is 6. The molecule has 1 fully saturated rings. The molecular weight excluding hydrogens is 266 g/mol. The molecule has 1 unspecified atom stereocenters. The first-order valence-electron chi connectivity index (χ1n) is 7.92. The van der Waals surface area contributed by atoms with Crippen molar-refractivity contribution in [2.45, 2.75) is 64.7 Å². The van der Waals surface area contributed by atoms with Crippen molar-refractivity contribution in [2.75, 3.05) is 7.11 Å². The Balaban J connectivity index is 2.90. The van der Waals surface area contributed by atoms with E-state index in [0.717, 1.165) is 0 Å². The second-order valence-electron chi connectivity index (χ2n) is 6.60. The molecule has 0 bridgehead atoms. The van der Waals surface area contributed by atoms with Crippen molar-refractivity contribution < 1.29 is 9.53 Å². The molecule has 0 N–H and O–H groups in total. The van der Waals surface area contributed by atoms with Gasteiger partial charge in [-0.2, -0.15) is 5.26 Å². The van der Waals surface area contributed by atoms with Gasteiger partial charge in [-0.25, -0.2) is 0 Å². The lowest BCUT2D eigenvalue weighted by Gasteiger charge is -2.32. The summed E-state index contributed by atoms with van der Waals surface area (Å²) in [6, 6.07) is 7.45. The first-order valence-corrected chi connectivity index (χ1v) is 10.7. The summed E-state index contributed by atoms with van der Waals surface area (Å²) < 4.78 is 4.88. The van der Waals surface area contributed by atoms with Crippen molar-refractivity contribution in [3.05, 3.63) is 0 Å². The van der Waals surface area contributed by atoms with Gasteiger partial charge in [-0.1, -0.05) is 51.9 Å². The number of nitriles is 1. The number of nitrogens with zero attached hydrogens (tertiary/aromatic N) is 1. The molecule has 114 valence electrons. The van der Waals surface area contributed by atoms with Gasteiger partial charge < -0.3 is 4.74 Å². The summed E-state index contributed by atoms with van der Waals surface area (Å²) in [7, 11) is 0.185. The van der Waals surface area contributed by atoms with Crippen LogP contribution in [-0.2, 0) is 9.53 Å². The van der Waals surface area contributed by atoms with E-state index in [9.17, 15) is 10.1 Å². The van der Waals surface area contributed by atoms with Crippen LogP contribution in [0.2, 0.25) is 24.2 Å². The number of carbonyl (C=O) groups excluding carboxylic acids is 1. The number of hydrogen-bond acceptors (Lipinski definition) is 3. The van der Waals surface area contributed by atoms with Gasteiger partial charge in [-0.05, 0) is 24.7 Å². The molecule has 0 aliphatic heterocycles. The van der Waals surface area contributed by atoms with Crippen molar-refractivity contribution in [1.82, 2.24) is 0 Å². The largest absolute Gasteiger partial charge is 0.468 e. The van der Waals surface area contributed by atoms with Gasteiger partial charge >= 0.3 is 5.97 Å². The fourth-order valence-corrected chi connectivity index (χ4v) is 7.99. The maximum atomic E-state index is 12.0. The van der Waals surface area contributed by atoms with Crippen LogP contribution in [0.1, 0.15) is 40.5 Å². The molecule has 0 amide bonds. The van der Waals surface area contributed by atoms with Gasteiger partial charge in [0.25, 0.3) is 0 Å². The van der Waals surface area contributed by atoms with Crippen molar-refractivity contribution in [3.63, 3.8) is 0 Å². The molecular formula is C16H29NO2Si. The monoisotopic (exact) mass is 295 g/mol. The molecule has 0 heterocycles. The minimum Gasteiger partial charge on any atom is -0.468 e. The van der Waals surface area contributed by atoms with Crippen LogP contribution < -0.4 is 0 Å². The van der Waals surface area contributed by atoms with E-state index < -0.39 is 13.5 Å². The first kappa shape index (κ1) is 17.2. The third kappa shape index (κ3) is 3.08. The zero-order valence-corrected chi connectivity index (χ0v) is 14.7. The summed E-state index contributed by atoms with van der Waals surface area (Å²) >= 11 is 0. The molecule has 1 rings (SSSR count). The van der Waals surface area contributed by atoms with Crippen LogP contribution >= 0.6 is 0 Å². The first-order chi connectivity index (χ1) is 9.42. The lowest BCUT2D eigenvalue weighted by molar-refractivity contribution is -0.149. The molecule has 0 spiro atoms. The average molecular weight is 295 g/mol. The predicted molar refractivity (Wildman–Crippen MR) is 84.0 cm³/mol. The van der Waals surface area contributed by atoms with Gasteiger partial charge in [-0.3, -0.25) is 4.79 Å². The van der Waals surface area contributed by atoms with Crippen molar-refractivity contribution >= 4 is 14.0 Å². The summed E-state index contributed by atoms with van der Waals surface area (Å²) in [6.45, 7) is 9.15. The van der Waals surface area contributed by atoms with Crippen molar-refractivity contribution in [2.24, 2.45) is 17.3 Å². The topological polar surface area (TPSA) is 50.1 Å². The number of methoxy groups -OCH3 is 1. The molecule has 0 aromatic heterocycles. The van der Waals surface area contributed by atoms with Gasteiger partial charge in [0.1, 0.15) is 0 Å². The Morgan fingerprint density at radius 1 is 1.30 bits per heavy atom. The van der Waals surface area contributed by atoms with E-state index in [2.05, 4.69) is 33.8 Å². The van der Waals surface area contributed by atoms with E-state index >= 15 is 0 Å². The van der Waals surface area contributed by atoms with Crippen LogP contribution in [0, 0.1) is 28.6 Å². The average Bonchev–Trinajstić information content (AvgIpc) is 2.81. The number of hydrogen-bond donors (Lipinski definition) is 0. The standard InChI is InChI=1S/C16H29NO2Si/c1-6-20(7-2,8-3)11-14-10-16(12-17,9-13(14)4)15(18)19-5/h13-14H,6-11H2,1-5H3/t13-,14+,16?/m1/s1. The zero-order chi connectivity index (χ0) is 15.4. The minimum atomic E-state index is -1.21. The number of esters is 1. The highest BCUT2D eigenvalue weighted by Crippen LogP contribution is 2.50. The SMILES string of the molecule is CC[Si](CC)(CC)C[C@@H]1CC(C#N)(C(=O)OC)C[C@H]1C. The highest BCUT2D eigenvalue weighted by Gasteiger charge is 2.51. The highest BCUT2D eigenvalue weighted by atomic mass is 28.3. The van der Waals surface area contributed by atoms with Gasteiger partial charge in [0.2, 0.25) is 0 Å². The van der Waals surface area contributed by atoms with Crippen LogP contribution in [0.3, 0.4) is 0 Å². The Hall–Kier alpha value is -0.823. The maximum absolute atomic E-state index is 12.0. The number of carbonyl (C=O) groups is 1.